The van der Waals surface area contributed by atoms with Crippen molar-refractivity contribution in [3.8, 4) is 11.5 Å². The van der Waals surface area contributed by atoms with Gasteiger partial charge in [-0.3, -0.25) is 0 Å². The highest BCUT2D eigenvalue weighted by molar-refractivity contribution is 7.89. The van der Waals surface area contributed by atoms with Crippen molar-refractivity contribution >= 4 is 10.0 Å². The fourth-order valence-electron chi connectivity index (χ4n) is 2.41. The van der Waals surface area contributed by atoms with Crippen molar-refractivity contribution < 1.29 is 17.2 Å². The lowest BCUT2D eigenvalue weighted by atomic mass is 10.1. The molecule has 0 saturated heterocycles. The molecule has 0 aliphatic carbocycles. The van der Waals surface area contributed by atoms with Crippen LogP contribution in [0.3, 0.4) is 0 Å². The Morgan fingerprint density at radius 1 is 1.12 bits per heavy atom. The molecule has 6 nitrogen and oxygen atoms in total. The molecule has 8 heteroatoms. The lowest BCUT2D eigenvalue weighted by molar-refractivity contribution is 0.502. The van der Waals surface area contributed by atoms with Crippen LogP contribution in [0.5, 0.6) is 0 Å². The quantitative estimate of drug-likeness (QED) is 0.716. The number of aryl methyl sites for hydroxylation is 2. The molecule has 0 fully saturated rings. The Labute approximate surface area is 151 Å². The first-order valence-electron chi connectivity index (χ1n) is 8.00. The third kappa shape index (κ3) is 4.14. The van der Waals surface area contributed by atoms with E-state index in [1.807, 2.05) is 31.2 Å². The number of aromatic nitrogens is 2. The van der Waals surface area contributed by atoms with Gasteiger partial charge >= 0.3 is 0 Å². The molecule has 3 rings (SSSR count). The summed E-state index contributed by atoms with van der Waals surface area (Å²) in [6.45, 7) is 3.57. The van der Waals surface area contributed by atoms with E-state index >= 15 is 0 Å². The molecule has 1 aromatic heterocycles. The molecule has 2 aromatic carbocycles. The van der Waals surface area contributed by atoms with Crippen LogP contribution in [0.2, 0.25) is 0 Å². The summed E-state index contributed by atoms with van der Waals surface area (Å²) < 4.78 is 45.8. The van der Waals surface area contributed by atoms with E-state index in [1.165, 1.54) is 19.1 Å². The highest BCUT2D eigenvalue weighted by atomic mass is 32.2. The predicted molar refractivity (Wildman–Crippen MR) is 94.5 cm³/mol. The molecular formula is C18H18FN3O3S. The fourth-order valence-corrected chi connectivity index (χ4v) is 3.53. The number of rotatable bonds is 6. The minimum atomic E-state index is -3.73. The van der Waals surface area contributed by atoms with E-state index in [0.717, 1.165) is 17.2 Å². The number of halogens is 1. The molecule has 3 aromatic rings. The van der Waals surface area contributed by atoms with E-state index in [4.69, 9.17) is 4.42 Å². The zero-order valence-electron chi connectivity index (χ0n) is 14.4. The molecule has 0 atom stereocenters. The molecule has 0 aliphatic heterocycles. The lowest BCUT2D eigenvalue weighted by Crippen LogP contribution is -2.26. The van der Waals surface area contributed by atoms with E-state index in [2.05, 4.69) is 14.9 Å². The number of benzene rings is 2. The van der Waals surface area contributed by atoms with Crippen LogP contribution in [0.25, 0.3) is 11.5 Å². The molecule has 0 bridgehead atoms. The Morgan fingerprint density at radius 2 is 1.92 bits per heavy atom. The van der Waals surface area contributed by atoms with Gasteiger partial charge in [-0.05, 0) is 49.7 Å². The first kappa shape index (κ1) is 18.2. The monoisotopic (exact) mass is 375 g/mol. The molecule has 136 valence electrons. The van der Waals surface area contributed by atoms with Crippen LogP contribution in [-0.2, 0) is 16.4 Å². The summed E-state index contributed by atoms with van der Waals surface area (Å²) in [6.07, 6.45) is 0.248. The number of hydrogen-bond acceptors (Lipinski definition) is 5. The van der Waals surface area contributed by atoms with Crippen LogP contribution < -0.4 is 4.72 Å². The predicted octanol–water partition coefficient (Wildman–Crippen LogP) is 3.01. The van der Waals surface area contributed by atoms with Gasteiger partial charge in [-0.2, -0.15) is 0 Å². The Morgan fingerprint density at radius 3 is 2.65 bits per heavy atom. The average Bonchev–Trinajstić information content (AvgIpc) is 3.06. The molecule has 0 radical (unpaired) electrons. The molecule has 0 saturated carbocycles. The van der Waals surface area contributed by atoms with Gasteiger partial charge in [0.2, 0.25) is 21.8 Å². The Hall–Kier alpha value is -2.58. The first-order chi connectivity index (χ1) is 12.3. The third-order valence-corrected chi connectivity index (χ3v) is 5.26. The maximum absolute atomic E-state index is 13.3. The van der Waals surface area contributed by atoms with E-state index in [1.54, 1.807) is 0 Å². The van der Waals surface area contributed by atoms with Crippen LogP contribution in [0.15, 0.2) is 51.8 Å². The average molecular weight is 375 g/mol. The van der Waals surface area contributed by atoms with E-state index < -0.39 is 15.8 Å². The van der Waals surface area contributed by atoms with Gasteiger partial charge in [-0.15, -0.1) is 10.2 Å². The van der Waals surface area contributed by atoms with Crippen molar-refractivity contribution in [2.75, 3.05) is 6.54 Å². The van der Waals surface area contributed by atoms with Gasteiger partial charge in [0, 0.05) is 18.5 Å². The summed E-state index contributed by atoms with van der Waals surface area (Å²) in [5.41, 5.74) is 2.16. The van der Waals surface area contributed by atoms with Gasteiger partial charge < -0.3 is 4.42 Å². The summed E-state index contributed by atoms with van der Waals surface area (Å²) in [7, 11) is -3.73. The zero-order chi connectivity index (χ0) is 18.7. The lowest BCUT2D eigenvalue weighted by Gasteiger charge is -2.06. The molecule has 0 amide bonds. The summed E-state index contributed by atoms with van der Waals surface area (Å²) in [6, 6.07) is 11.3. The van der Waals surface area contributed by atoms with E-state index in [-0.39, 0.29) is 23.4 Å². The van der Waals surface area contributed by atoms with Gasteiger partial charge in [0.25, 0.3) is 0 Å². The van der Waals surface area contributed by atoms with Crippen LogP contribution in [0.1, 0.15) is 17.0 Å². The van der Waals surface area contributed by atoms with E-state index in [0.29, 0.717) is 11.8 Å². The Balaban J connectivity index is 1.64. The number of nitrogens with one attached hydrogen (secondary N) is 1. The first-order valence-corrected chi connectivity index (χ1v) is 9.49. The summed E-state index contributed by atoms with van der Waals surface area (Å²) >= 11 is 0. The van der Waals surface area contributed by atoms with Crippen molar-refractivity contribution in [1.82, 2.24) is 14.9 Å². The Bertz CT molecular complexity index is 1030. The van der Waals surface area contributed by atoms with Crippen molar-refractivity contribution in [3.05, 3.63) is 65.3 Å². The van der Waals surface area contributed by atoms with Crippen molar-refractivity contribution in [2.45, 2.75) is 25.2 Å². The molecule has 26 heavy (non-hydrogen) atoms. The molecular weight excluding hydrogens is 357 g/mol. The molecule has 0 unspecified atom stereocenters. The van der Waals surface area contributed by atoms with Crippen LogP contribution in [0, 0.1) is 19.7 Å². The highest BCUT2D eigenvalue weighted by Crippen LogP contribution is 2.19. The smallest absolute Gasteiger partial charge is 0.247 e. The second-order valence-electron chi connectivity index (χ2n) is 5.93. The van der Waals surface area contributed by atoms with Crippen LogP contribution >= 0.6 is 0 Å². The topological polar surface area (TPSA) is 85.1 Å². The highest BCUT2D eigenvalue weighted by Gasteiger charge is 2.16. The number of sulfonamides is 1. The van der Waals surface area contributed by atoms with E-state index in [9.17, 15) is 12.8 Å². The van der Waals surface area contributed by atoms with Gasteiger partial charge in [0.1, 0.15) is 5.82 Å². The molecule has 1 N–H and O–H groups in total. The molecule has 0 spiro atoms. The van der Waals surface area contributed by atoms with Gasteiger partial charge in [0.15, 0.2) is 0 Å². The summed E-state index contributed by atoms with van der Waals surface area (Å²) in [5.74, 6) is 0.277. The second-order valence-corrected chi connectivity index (χ2v) is 7.70. The standard InChI is InChI=1S/C18H18FN3O3S/c1-12-4-3-5-14(10-12)18-22-21-17(25-18)8-9-20-26(23,24)15-6-7-16(19)13(2)11-15/h3-7,10-11,20H,8-9H2,1-2H3. The zero-order valence-corrected chi connectivity index (χ0v) is 15.2. The third-order valence-electron chi connectivity index (χ3n) is 3.80. The van der Waals surface area contributed by atoms with Crippen molar-refractivity contribution in [3.63, 3.8) is 0 Å². The minimum absolute atomic E-state index is 0.0161. The van der Waals surface area contributed by atoms with Gasteiger partial charge in [-0.1, -0.05) is 17.7 Å². The summed E-state index contributed by atoms with van der Waals surface area (Å²) in [5, 5.41) is 7.93. The van der Waals surface area contributed by atoms with Crippen molar-refractivity contribution in [1.29, 1.82) is 0 Å². The van der Waals surface area contributed by atoms with Crippen molar-refractivity contribution in [2.24, 2.45) is 0 Å². The SMILES string of the molecule is Cc1cccc(-c2nnc(CCNS(=O)(=O)c3ccc(F)c(C)c3)o2)c1. The summed E-state index contributed by atoms with van der Waals surface area (Å²) in [4.78, 5) is 0.0161. The molecule has 0 aliphatic rings. The number of hydrogen-bond donors (Lipinski definition) is 1. The van der Waals surface area contributed by atoms with Gasteiger partial charge in [-0.25, -0.2) is 17.5 Å². The van der Waals surface area contributed by atoms with Crippen LogP contribution in [0.4, 0.5) is 4.39 Å². The minimum Gasteiger partial charge on any atom is -0.421 e. The second kappa shape index (κ2) is 7.35. The maximum Gasteiger partial charge on any atom is 0.247 e. The number of nitrogens with zero attached hydrogens (tertiary/aromatic N) is 2. The Kier molecular flexibility index (Phi) is 5.15. The van der Waals surface area contributed by atoms with Crippen LogP contribution in [-0.4, -0.2) is 25.2 Å². The van der Waals surface area contributed by atoms with Gasteiger partial charge in [0.05, 0.1) is 4.90 Å². The largest absolute Gasteiger partial charge is 0.421 e. The fraction of sp³-hybridized carbons (Fsp3) is 0.222. The maximum atomic E-state index is 13.3. The molecule has 1 heterocycles. The normalized spacial score (nSPS) is 11.7.